The summed E-state index contributed by atoms with van der Waals surface area (Å²) in [6.45, 7) is 6.49. The van der Waals surface area contributed by atoms with Crippen LogP contribution in [0.5, 0.6) is 0 Å². The van der Waals surface area contributed by atoms with Crippen LogP contribution in [-0.2, 0) is 28.6 Å². The molecule has 0 aliphatic rings. The summed E-state index contributed by atoms with van der Waals surface area (Å²) in [6, 6.07) is 0. The van der Waals surface area contributed by atoms with Crippen molar-refractivity contribution >= 4 is 17.9 Å². The van der Waals surface area contributed by atoms with Crippen LogP contribution in [0, 0.1) is 0 Å². The van der Waals surface area contributed by atoms with Gasteiger partial charge in [0.15, 0.2) is 6.10 Å². The summed E-state index contributed by atoms with van der Waals surface area (Å²) in [7, 11) is 0. The molecule has 0 aromatic heterocycles. The second-order valence-electron chi connectivity index (χ2n) is 22.0. The minimum absolute atomic E-state index is 0.0924. The Balaban J connectivity index is 4.41. The van der Waals surface area contributed by atoms with Gasteiger partial charge in [-0.25, -0.2) is 0 Å². The maximum Gasteiger partial charge on any atom is 0.306 e. The third-order valence-corrected chi connectivity index (χ3v) is 14.1. The second kappa shape index (κ2) is 68.1. The summed E-state index contributed by atoms with van der Waals surface area (Å²) in [4.78, 5) is 38.4. The van der Waals surface area contributed by atoms with E-state index in [0.717, 1.165) is 135 Å². The molecule has 0 amide bonds. The highest BCUT2D eigenvalue weighted by Gasteiger charge is 2.19. The van der Waals surface area contributed by atoms with Crippen LogP contribution >= 0.6 is 0 Å². The van der Waals surface area contributed by atoms with Gasteiger partial charge in [-0.15, -0.1) is 0 Å². The fourth-order valence-electron chi connectivity index (χ4n) is 9.11. The lowest BCUT2D eigenvalue weighted by Crippen LogP contribution is -2.30. The van der Waals surface area contributed by atoms with E-state index in [4.69, 9.17) is 14.2 Å². The highest BCUT2D eigenvalue weighted by Crippen LogP contribution is 2.16. The van der Waals surface area contributed by atoms with Crippen molar-refractivity contribution < 1.29 is 28.6 Å². The molecule has 0 rings (SSSR count). The Bertz CT molecular complexity index is 1720. The molecule has 0 aliphatic carbocycles. The number of hydrogen-bond acceptors (Lipinski definition) is 6. The number of allylic oxidation sites excluding steroid dienone is 22. The van der Waals surface area contributed by atoms with Crippen LogP contribution in [0.1, 0.15) is 303 Å². The Hall–Kier alpha value is -4.45. The Morgan fingerprint density at radius 1 is 0.259 bits per heavy atom. The first-order valence-electron chi connectivity index (χ1n) is 33.7. The third kappa shape index (κ3) is 66.2. The van der Waals surface area contributed by atoms with Crippen LogP contribution in [0.3, 0.4) is 0 Å². The van der Waals surface area contributed by atoms with Gasteiger partial charge in [0.1, 0.15) is 13.2 Å². The molecule has 0 spiro atoms. The van der Waals surface area contributed by atoms with Crippen molar-refractivity contribution in [3.05, 3.63) is 134 Å². The molecule has 0 heterocycles. The quantitative estimate of drug-likeness (QED) is 0.0261. The highest BCUT2D eigenvalue weighted by atomic mass is 16.6. The fraction of sp³-hybridized carbons (Fsp3) is 0.667. The number of hydrogen-bond donors (Lipinski definition) is 0. The minimum atomic E-state index is -0.800. The summed E-state index contributed by atoms with van der Waals surface area (Å²) in [5, 5.41) is 0. The lowest BCUT2D eigenvalue weighted by atomic mass is 10.0. The van der Waals surface area contributed by atoms with Crippen molar-refractivity contribution in [1.82, 2.24) is 0 Å². The van der Waals surface area contributed by atoms with E-state index in [1.54, 1.807) is 0 Å². The van der Waals surface area contributed by atoms with E-state index < -0.39 is 6.10 Å². The molecule has 460 valence electrons. The number of ether oxygens (including phenoxy) is 3. The number of carbonyl (C=O) groups excluding carboxylic acids is 3. The van der Waals surface area contributed by atoms with Gasteiger partial charge in [0.25, 0.3) is 0 Å². The molecule has 0 aromatic carbocycles. The summed E-state index contributed by atoms with van der Waals surface area (Å²) in [6.07, 6.45) is 96.0. The molecule has 81 heavy (non-hydrogen) atoms. The maximum atomic E-state index is 12.9. The van der Waals surface area contributed by atoms with Crippen molar-refractivity contribution in [2.75, 3.05) is 13.2 Å². The lowest BCUT2D eigenvalue weighted by molar-refractivity contribution is -0.167. The average molecular weight is 1120 g/mol. The molecule has 6 heteroatoms. The predicted octanol–water partition coefficient (Wildman–Crippen LogP) is 23.3. The van der Waals surface area contributed by atoms with Gasteiger partial charge in [-0.1, -0.05) is 296 Å². The standard InChI is InChI=1S/C75H124O6/c1-4-7-10-13-16-19-22-25-28-30-31-32-33-34-35-36-37-38-39-40-41-42-43-45-47-50-53-56-59-62-65-68-74(77)80-71-72(70-79-73(76)67-64-61-58-55-52-49-46-27-24-21-18-15-12-9-6-3)81-75(78)69-66-63-60-57-54-51-48-44-29-26-23-20-17-14-11-8-5-2/h7,10,16-17,19-20,25-26,28-29,31-32,34-35,37-38,40-41,43,45,50,53,72H,4-6,8-9,11-15,18,21-24,27,30,33,36,39,42,44,46-49,51-52,54-71H2,1-3H3/b10-7-,19-16-,20-17-,28-25-,29-26-,32-31-,35-34-,38-37-,41-40-,45-43-,53-50-. The first-order valence-corrected chi connectivity index (χ1v) is 33.7. The van der Waals surface area contributed by atoms with Crippen molar-refractivity contribution in [2.24, 2.45) is 0 Å². The van der Waals surface area contributed by atoms with Crippen LogP contribution in [0.2, 0.25) is 0 Å². The van der Waals surface area contributed by atoms with Gasteiger partial charge in [0, 0.05) is 19.3 Å². The second-order valence-corrected chi connectivity index (χ2v) is 22.0. The maximum absolute atomic E-state index is 12.9. The molecule has 0 fully saturated rings. The molecule has 0 saturated heterocycles. The number of unbranched alkanes of at least 4 members (excludes halogenated alkanes) is 27. The first-order chi connectivity index (χ1) is 40.0. The van der Waals surface area contributed by atoms with Gasteiger partial charge in [0.2, 0.25) is 0 Å². The topological polar surface area (TPSA) is 78.9 Å². The highest BCUT2D eigenvalue weighted by molar-refractivity contribution is 5.71. The van der Waals surface area contributed by atoms with Gasteiger partial charge in [0.05, 0.1) is 0 Å². The molecule has 0 bridgehead atoms. The molecule has 6 nitrogen and oxygen atoms in total. The SMILES string of the molecule is CC/C=C\C/C=C\C/C=C\C/C=C\C/C=C\C/C=C\C/C=C\C/C=C\C/C=C\CCCCCC(=O)OCC(COC(=O)CCCCCCCCCCCCCCCCC)OC(=O)CCCCCCCCC/C=C\C/C=C\CCCCC. The number of esters is 3. The molecular weight excluding hydrogens is 997 g/mol. The van der Waals surface area contributed by atoms with Gasteiger partial charge < -0.3 is 14.2 Å². The predicted molar refractivity (Wildman–Crippen MR) is 353 cm³/mol. The van der Waals surface area contributed by atoms with E-state index in [-0.39, 0.29) is 31.1 Å². The van der Waals surface area contributed by atoms with Crippen molar-refractivity contribution in [2.45, 2.75) is 309 Å². The zero-order valence-corrected chi connectivity index (χ0v) is 52.8. The number of carbonyl (C=O) groups is 3. The van der Waals surface area contributed by atoms with Crippen LogP contribution in [0.25, 0.3) is 0 Å². The monoisotopic (exact) mass is 1120 g/mol. The Labute approximate surface area is 500 Å². The van der Waals surface area contributed by atoms with E-state index in [9.17, 15) is 14.4 Å². The van der Waals surface area contributed by atoms with Gasteiger partial charge in [-0.05, 0) is 122 Å². The summed E-state index contributed by atoms with van der Waals surface area (Å²) in [5.41, 5.74) is 0. The fourth-order valence-corrected chi connectivity index (χ4v) is 9.11. The Morgan fingerprint density at radius 2 is 0.481 bits per heavy atom. The third-order valence-electron chi connectivity index (χ3n) is 14.1. The summed E-state index contributed by atoms with van der Waals surface area (Å²) in [5.74, 6) is -0.928. The van der Waals surface area contributed by atoms with Gasteiger partial charge >= 0.3 is 17.9 Å². The zero-order chi connectivity index (χ0) is 58.5. The molecule has 0 saturated carbocycles. The van der Waals surface area contributed by atoms with E-state index in [0.29, 0.717) is 19.3 Å². The zero-order valence-electron chi connectivity index (χ0n) is 52.8. The molecule has 1 unspecified atom stereocenters. The average Bonchev–Trinajstić information content (AvgIpc) is 3.47. The van der Waals surface area contributed by atoms with Gasteiger partial charge in [-0.2, -0.15) is 0 Å². The normalized spacial score (nSPS) is 13.0. The van der Waals surface area contributed by atoms with E-state index in [1.165, 1.54) is 128 Å². The molecule has 0 aliphatic heterocycles. The summed E-state index contributed by atoms with van der Waals surface area (Å²) >= 11 is 0. The van der Waals surface area contributed by atoms with Crippen LogP contribution < -0.4 is 0 Å². The van der Waals surface area contributed by atoms with E-state index in [1.807, 2.05) is 0 Å². The Morgan fingerprint density at radius 3 is 0.790 bits per heavy atom. The smallest absolute Gasteiger partial charge is 0.306 e. The van der Waals surface area contributed by atoms with Crippen LogP contribution in [0.15, 0.2) is 134 Å². The van der Waals surface area contributed by atoms with Crippen molar-refractivity contribution in [3.63, 3.8) is 0 Å². The molecule has 0 N–H and O–H groups in total. The minimum Gasteiger partial charge on any atom is -0.462 e. The lowest BCUT2D eigenvalue weighted by Gasteiger charge is -2.18. The molecule has 1 atom stereocenters. The molecule has 0 radical (unpaired) electrons. The van der Waals surface area contributed by atoms with E-state index in [2.05, 4.69) is 154 Å². The number of rotatable bonds is 60. The van der Waals surface area contributed by atoms with Crippen molar-refractivity contribution in [1.29, 1.82) is 0 Å². The molecule has 0 aromatic rings. The summed E-state index contributed by atoms with van der Waals surface area (Å²) < 4.78 is 16.9. The largest absolute Gasteiger partial charge is 0.462 e. The first kappa shape index (κ1) is 76.5. The van der Waals surface area contributed by atoms with Crippen LogP contribution in [-0.4, -0.2) is 37.2 Å². The van der Waals surface area contributed by atoms with E-state index >= 15 is 0 Å². The molecular formula is C75H124O6. The van der Waals surface area contributed by atoms with Crippen molar-refractivity contribution in [3.8, 4) is 0 Å². The Kier molecular flexibility index (Phi) is 64.3. The van der Waals surface area contributed by atoms with Gasteiger partial charge in [-0.3, -0.25) is 14.4 Å². The van der Waals surface area contributed by atoms with Crippen LogP contribution in [0.4, 0.5) is 0 Å².